The number of rotatable bonds is 31. The van der Waals surface area contributed by atoms with E-state index >= 15 is 4.79 Å². The maximum Gasteiger partial charge on any atom is 0.338 e. The van der Waals surface area contributed by atoms with Gasteiger partial charge < -0.3 is 101 Å². The molecule has 506 valence electrons. The molecule has 0 saturated carbocycles. The van der Waals surface area contributed by atoms with Crippen molar-refractivity contribution < 1.29 is 110 Å². The predicted molar refractivity (Wildman–Crippen MR) is 332 cm³/mol. The van der Waals surface area contributed by atoms with Crippen molar-refractivity contribution >= 4 is 11.9 Å². The smallest absolute Gasteiger partial charge is 0.338 e. The SMILES string of the molecule is COC1C(OC)[C@H](O[C@H]2O[C@@H](CO)[C@@H](O[C@@H]3OC(C(=O)OCc4ccccc4)[C@@H](O)[C@H](OC)C3OC)C(O)C2OCc2ccccc2)[C@H](C(=O)OCc2ccccc2)O[C@@H]1O[C@@H]1C(COCc2ccccc2)O[C@H](OC)C(OCc2ccccc2)[C@H]1OCc1ccccc1. The van der Waals surface area contributed by atoms with Gasteiger partial charge in [-0.1, -0.05) is 182 Å². The van der Waals surface area contributed by atoms with Gasteiger partial charge in [0.2, 0.25) is 0 Å². The minimum atomic E-state index is -1.77. The van der Waals surface area contributed by atoms with Crippen LogP contribution in [0, 0.1) is 0 Å². The molecule has 6 aromatic carbocycles. The first kappa shape index (κ1) is 70.3. The van der Waals surface area contributed by atoms with Crippen LogP contribution < -0.4 is 0 Å². The highest BCUT2D eigenvalue weighted by Gasteiger charge is 2.59. The second-order valence-electron chi connectivity index (χ2n) is 22.9. The Morgan fingerprint density at radius 3 is 1.17 bits per heavy atom. The van der Waals surface area contributed by atoms with Crippen molar-refractivity contribution in [3.63, 3.8) is 0 Å². The molecule has 3 N–H and O–H groups in total. The number of esters is 2. The first-order chi connectivity index (χ1) is 46.0. The van der Waals surface area contributed by atoms with Gasteiger partial charge in [0, 0.05) is 35.5 Å². The van der Waals surface area contributed by atoms with Gasteiger partial charge in [-0.3, -0.25) is 0 Å². The van der Waals surface area contributed by atoms with Crippen molar-refractivity contribution in [2.45, 2.75) is 162 Å². The fourth-order valence-electron chi connectivity index (χ4n) is 11.9. The van der Waals surface area contributed by atoms with Crippen LogP contribution in [0.15, 0.2) is 182 Å². The second kappa shape index (κ2) is 35.5. The van der Waals surface area contributed by atoms with Gasteiger partial charge in [0.1, 0.15) is 98.7 Å². The molecule has 4 aliphatic rings. The molecular formula is C71H84O23. The Morgan fingerprint density at radius 2 is 0.713 bits per heavy atom. The summed E-state index contributed by atoms with van der Waals surface area (Å²) < 4.78 is 116. The van der Waals surface area contributed by atoms with E-state index < -0.39 is 141 Å². The number of hydrogen-bond acceptors (Lipinski definition) is 23. The van der Waals surface area contributed by atoms with Gasteiger partial charge in [0.05, 0.1) is 39.6 Å². The van der Waals surface area contributed by atoms with E-state index in [0.29, 0.717) is 16.7 Å². The van der Waals surface area contributed by atoms with Crippen LogP contribution >= 0.6 is 0 Å². The first-order valence-electron chi connectivity index (χ1n) is 31.2. The van der Waals surface area contributed by atoms with Gasteiger partial charge in [0.25, 0.3) is 0 Å². The van der Waals surface area contributed by atoms with Gasteiger partial charge in [-0.2, -0.15) is 0 Å². The zero-order valence-corrected chi connectivity index (χ0v) is 53.0. The molecular weight excluding hydrogens is 1220 g/mol. The summed E-state index contributed by atoms with van der Waals surface area (Å²) in [6.45, 7) is -0.888. The molecule has 0 aliphatic carbocycles. The Balaban J connectivity index is 0.979. The van der Waals surface area contributed by atoms with E-state index in [9.17, 15) is 20.1 Å². The van der Waals surface area contributed by atoms with Gasteiger partial charge in [-0.05, 0) is 33.4 Å². The van der Waals surface area contributed by atoms with E-state index in [4.69, 9.17) is 85.3 Å². The van der Waals surface area contributed by atoms with E-state index in [1.54, 1.807) is 48.5 Å². The van der Waals surface area contributed by atoms with Crippen LogP contribution in [0.3, 0.4) is 0 Å². The lowest BCUT2D eigenvalue weighted by Gasteiger charge is -2.51. The standard InChI is InChI=1S/C71H84O23/c1-77-56-53(74)57(66(75)86-41-48-32-20-10-21-33-48)92-70(63(56)79-3)90-54-50(36-72)88-69(58(52(54)73)83-38-45-26-14-7-15-27-45)93-61-59(78-2)64(80-4)71(94-62(61)67(76)87-42-49-34-22-11-23-35-49)91-55-51(43-82-37-44-24-12-6-13-25-44)89-68(81-5)65(85-40-47-30-18-9-19-31-47)60(55)84-39-46-28-16-8-17-29-46/h6-35,50-65,68-74H,36-43H2,1-5H3/t50-,51?,52?,53-,54+,55+,56-,57?,58?,59?,60-,61-,62+,63?,64?,65?,68-,69+,70+,71-/m0/s1. The average Bonchev–Trinajstić information content (AvgIpc) is 0.794. The maximum atomic E-state index is 15.2. The summed E-state index contributed by atoms with van der Waals surface area (Å²) in [5.41, 5.74) is 4.64. The molecule has 10 rings (SSSR count). The monoisotopic (exact) mass is 1300 g/mol. The Labute approximate surface area is 546 Å². The Hall–Kier alpha value is -6.50. The Bertz CT molecular complexity index is 3140. The largest absolute Gasteiger partial charge is 0.459 e. The summed E-state index contributed by atoms with van der Waals surface area (Å²) in [6, 6.07) is 55.8. The van der Waals surface area contributed by atoms with Crippen molar-refractivity contribution in [1.29, 1.82) is 0 Å². The van der Waals surface area contributed by atoms with E-state index in [0.717, 1.165) is 16.7 Å². The van der Waals surface area contributed by atoms with Crippen LogP contribution in [-0.4, -0.2) is 199 Å². The molecule has 8 unspecified atom stereocenters. The summed E-state index contributed by atoms with van der Waals surface area (Å²) in [7, 11) is 6.94. The normalized spacial score (nSPS) is 31.1. The lowest BCUT2D eigenvalue weighted by Crippen LogP contribution is -2.69. The molecule has 0 amide bonds. The van der Waals surface area contributed by atoms with Crippen molar-refractivity contribution in [3.8, 4) is 0 Å². The van der Waals surface area contributed by atoms with E-state index in [1.807, 2.05) is 133 Å². The molecule has 23 nitrogen and oxygen atoms in total. The first-order valence-corrected chi connectivity index (χ1v) is 31.2. The lowest BCUT2D eigenvalue weighted by atomic mass is 9.94. The van der Waals surface area contributed by atoms with Crippen LogP contribution in [-0.2, 0) is 134 Å². The van der Waals surface area contributed by atoms with Crippen LogP contribution in [0.5, 0.6) is 0 Å². The molecule has 0 spiro atoms. The van der Waals surface area contributed by atoms with Crippen molar-refractivity contribution in [2.24, 2.45) is 0 Å². The average molecular weight is 1310 g/mol. The van der Waals surface area contributed by atoms with E-state index in [1.165, 1.54) is 35.5 Å². The third-order valence-corrected chi connectivity index (χ3v) is 16.8. The number of aliphatic hydroxyl groups is 3. The molecule has 94 heavy (non-hydrogen) atoms. The number of carbonyl (C=O) groups is 2. The summed E-state index contributed by atoms with van der Waals surface area (Å²) in [5, 5.41) is 35.6. The highest BCUT2D eigenvalue weighted by Crippen LogP contribution is 2.39. The molecule has 4 heterocycles. The van der Waals surface area contributed by atoms with Crippen LogP contribution in [0.4, 0.5) is 0 Å². The number of hydrogen-bond donors (Lipinski definition) is 3. The maximum absolute atomic E-state index is 15.2. The quantitative estimate of drug-likeness (QED) is 0.0427. The number of methoxy groups -OCH3 is 5. The number of benzene rings is 6. The molecule has 4 aliphatic heterocycles. The molecule has 0 bridgehead atoms. The predicted octanol–water partition coefficient (Wildman–Crippen LogP) is 5.92. The number of aliphatic hydroxyl groups excluding tert-OH is 3. The fourth-order valence-corrected chi connectivity index (χ4v) is 11.9. The van der Waals surface area contributed by atoms with Gasteiger partial charge in [-0.25, -0.2) is 9.59 Å². The molecule has 6 aromatic rings. The summed E-state index contributed by atoms with van der Waals surface area (Å²) >= 11 is 0. The summed E-state index contributed by atoms with van der Waals surface area (Å²) in [4.78, 5) is 28.9. The zero-order chi connectivity index (χ0) is 65.8. The molecule has 23 heteroatoms. The summed E-state index contributed by atoms with van der Waals surface area (Å²) in [5.74, 6) is -1.86. The molecule has 4 saturated heterocycles. The van der Waals surface area contributed by atoms with Crippen LogP contribution in [0.25, 0.3) is 0 Å². The highest BCUT2D eigenvalue weighted by atomic mass is 16.8. The van der Waals surface area contributed by atoms with E-state index in [2.05, 4.69) is 0 Å². The van der Waals surface area contributed by atoms with Gasteiger partial charge >= 0.3 is 11.9 Å². The van der Waals surface area contributed by atoms with Crippen molar-refractivity contribution in [2.75, 3.05) is 48.8 Å². The molecule has 0 radical (unpaired) electrons. The third kappa shape index (κ3) is 17.9. The zero-order valence-electron chi connectivity index (χ0n) is 53.0. The Kier molecular flexibility index (Phi) is 26.5. The molecule has 0 aromatic heterocycles. The van der Waals surface area contributed by atoms with Crippen molar-refractivity contribution in [3.05, 3.63) is 215 Å². The van der Waals surface area contributed by atoms with Crippen LogP contribution in [0.1, 0.15) is 33.4 Å². The fraction of sp³-hybridized carbons (Fsp3) is 0.465. The Morgan fingerprint density at radius 1 is 0.340 bits per heavy atom. The summed E-state index contributed by atoms with van der Waals surface area (Å²) in [6.07, 6.45) is -27.7. The topological polar surface area (TPSA) is 261 Å². The second-order valence-corrected chi connectivity index (χ2v) is 22.9. The minimum absolute atomic E-state index is 0.0549. The van der Waals surface area contributed by atoms with Gasteiger partial charge in [0.15, 0.2) is 37.4 Å². The number of carbonyl (C=O) groups excluding carboxylic acids is 2. The number of ether oxygens (including phenoxy) is 18. The highest BCUT2D eigenvalue weighted by molar-refractivity contribution is 5.76. The van der Waals surface area contributed by atoms with Crippen molar-refractivity contribution in [1.82, 2.24) is 0 Å². The third-order valence-electron chi connectivity index (χ3n) is 16.8. The lowest BCUT2D eigenvalue weighted by molar-refractivity contribution is -0.391. The minimum Gasteiger partial charge on any atom is -0.459 e. The van der Waals surface area contributed by atoms with Crippen LogP contribution in [0.2, 0.25) is 0 Å². The molecule has 4 fully saturated rings. The van der Waals surface area contributed by atoms with E-state index in [-0.39, 0.29) is 46.2 Å². The van der Waals surface area contributed by atoms with Gasteiger partial charge in [-0.15, -0.1) is 0 Å². The molecule has 20 atom stereocenters.